The topological polar surface area (TPSA) is 54.4 Å². The first-order valence-electron chi connectivity index (χ1n) is 12.3. The molecular formula is C28H28F6N2O2. The summed E-state index contributed by atoms with van der Waals surface area (Å²) in [7, 11) is 0. The highest BCUT2D eigenvalue weighted by Gasteiger charge is 2.37. The van der Waals surface area contributed by atoms with E-state index in [9.17, 15) is 31.4 Å². The van der Waals surface area contributed by atoms with Crippen LogP contribution in [0.15, 0.2) is 66.7 Å². The van der Waals surface area contributed by atoms with Crippen molar-refractivity contribution in [2.24, 2.45) is 5.92 Å². The van der Waals surface area contributed by atoms with Gasteiger partial charge in [0.25, 0.3) is 0 Å². The molecule has 10 heteroatoms. The molecule has 2 atom stereocenters. The van der Waals surface area contributed by atoms with Crippen molar-refractivity contribution < 1.29 is 36.2 Å². The van der Waals surface area contributed by atoms with Gasteiger partial charge in [0.1, 0.15) is 0 Å². The Morgan fingerprint density at radius 1 is 0.895 bits per heavy atom. The molecule has 204 valence electrons. The van der Waals surface area contributed by atoms with Gasteiger partial charge >= 0.3 is 12.4 Å². The van der Waals surface area contributed by atoms with Gasteiger partial charge in [-0.15, -0.1) is 0 Å². The largest absolute Gasteiger partial charge is 0.433 e. The van der Waals surface area contributed by atoms with Crippen LogP contribution >= 0.6 is 0 Å². The number of pyridine rings is 1. The molecule has 3 aromatic rings. The van der Waals surface area contributed by atoms with Gasteiger partial charge in [-0.05, 0) is 48.9 Å². The summed E-state index contributed by atoms with van der Waals surface area (Å²) >= 11 is 0. The van der Waals surface area contributed by atoms with Crippen molar-refractivity contribution in [1.29, 1.82) is 0 Å². The van der Waals surface area contributed by atoms with Crippen molar-refractivity contribution in [2.75, 3.05) is 19.8 Å². The number of aliphatic hydroxyl groups is 1. The molecule has 4 nitrogen and oxygen atoms in total. The van der Waals surface area contributed by atoms with Crippen LogP contribution in [0, 0.1) is 5.92 Å². The molecule has 1 unspecified atom stereocenters. The van der Waals surface area contributed by atoms with Crippen LogP contribution in [0.5, 0.6) is 0 Å². The van der Waals surface area contributed by atoms with Crippen molar-refractivity contribution >= 4 is 0 Å². The van der Waals surface area contributed by atoms with Crippen molar-refractivity contribution in [3.8, 4) is 11.3 Å². The van der Waals surface area contributed by atoms with E-state index in [0.717, 1.165) is 48.7 Å². The van der Waals surface area contributed by atoms with Crippen LogP contribution in [-0.4, -0.2) is 35.9 Å². The molecule has 1 aliphatic rings. The van der Waals surface area contributed by atoms with E-state index in [0.29, 0.717) is 25.6 Å². The molecular weight excluding hydrogens is 510 g/mol. The Labute approximate surface area is 216 Å². The Balaban J connectivity index is 1.49. The van der Waals surface area contributed by atoms with Crippen LogP contribution in [0.25, 0.3) is 11.3 Å². The quantitative estimate of drug-likeness (QED) is 0.276. The van der Waals surface area contributed by atoms with Gasteiger partial charge in [-0.25, -0.2) is 4.98 Å². The molecule has 0 spiro atoms. The molecule has 1 aromatic heterocycles. The molecule has 2 aromatic carbocycles. The highest BCUT2D eigenvalue weighted by atomic mass is 19.4. The number of aliphatic hydroxyl groups excluding tert-OH is 1. The zero-order chi connectivity index (χ0) is 27.3. The van der Waals surface area contributed by atoms with Gasteiger partial charge in [0.05, 0.1) is 24.0 Å². The lowest BCUT2D eigenvalue weighted by Crippen LogP contribution is -2.38. The SMILES string of the molecule is OC(CN[C@H](COCC1CC1)Cc1ccccc1)c1ccc(-c2ccc(C(F)(F)F)cc2)nc1C(F)(F)F. The Bertz CT molecular complexity index is 1180. The van der Waals surface area contributed by atoms with Crippen LogP contribution in [0.1, 0.15) is 41.3 Å². The summed E-state index contributed by atoms with van der Waals surface area (Å²) in [5.41, 5.74) is -1.65. The number of aromatic nitrogens is 1. The van der Waals surface area contributed by atoms with Gasteiger partial charge in [0.15, 0.2) is 5.69 Å². The zero-order valence-corrected chi connectivity index (χ0v) is 20.4. The molecule has 38 heavy (non-hydrogen) atoms. The second-order valence-electron chi connectivity index (χ2n) is 9.50. The van der Waals surface area contributed by atoms with Crippen molar-refractivity contribution in [1.82, 2.24) is 10.3 Å². The Morgan fingerprint density at radius 3 is 2.18 bits per heavy atom. The number of benzene rings is 2. The molecule has 1 fully saturated rings. The van der Waals surface area contributed by atoms with Gasteiger partial charge in [-0.3, -0.25) is 0 Å². The second-order valence-corrected chi connectivity index (χ2v) is 9.50. The van der Waals surface area contributed by atoms with Gasteiger partial charge in [0, 0.05) is 30.3 Å². The molecule has 1 heterocycles. The van der Waals surface area contributed by atoms with Crippen LogP contribution < -0.4 is 5.32 Å². The fraction of sp³-hybridized carbons (Fsp3) is 0.393. The molecule has 0 radical (unpaired) electrons. The standard InChI is InChI=1S/C28H28F6N2O2/c29-27(30,31)21-10-8-20(9-11-21)24-13-12-23(26(36-24)28(32,33)34)25(37)15-35-22(17-38-16-19-6-7-19)14-18-4-2-1-3-5-18/h1-5,8-13,19,22,25,35,37H,6-7,14-17H2/t22-,25?/m0/s1. The third-order valence-electron chi connectivity index (χ3n) is 6.36. The molecule has 0 bridgehead atoms. The monoisotopic (exact) mass is 538 g/mol. The van der Waals surface area contributed by atoms with Crippen molar-refractivity contribution in [3.63, 3.8) is 0 Å². The Hall–Kier alpha value is -2.95. The number of ether oxygens (including phenoxy) is 1. The molecule has 1 aliphatic carbocycles. The molecule has 1 saturated carbocycles. The maximum atomic E-state index is 13.9. The first kappa shape index (κ1) is 28.1. The summed E-state index contributed by atoms with van der Waals surface area (Å²) in [6, 6.07) is 15.4. The number of hydrogen-bond acceptors (Lipinski definition) is 4. The third-order valence-corrected chi connectivity index (χ3v) is 6.36. The molecule has 0 aliphatic heterocycles. The summed E-state index contributed by atoms with van der Waals surface area (Å²) in [4.78, 5) is 3.68. The summed E-state index contributed by atoms with van der Waals surface area (Å²) in [5, 5.41) is 13.9. The highest BCUT2D eigenvalue weighted by molar-refractivity contribution is 5.60. The molecule has 2 N–H and O–H groups in total. The first-order valence-corrected chi connectivity index (χ1v) is 12.3. The molecule has 0 saturated heterocycles. The lowest BCUT2D eigenvalue weighted by atomic mass is 10.0. The minimum atomic E-state index is -4.88. The predicted octanol–water partition coefficient (Wildman–Crippen LogP) is 6.45. The summed E-state index contributed by atoms with van der Waals surface area (Å²) < 4.78 is 86.0. The van der Waals surface area contributed by atoms with Crippen LogP contribution in [0.2, 0.25) is 0 Å². The molecule has 4 rings (SSSR count). The minimum Gasteiger partial charge on any atom is -0.387 e. The number of rotatable bonds is 11. The number of nitrogens with one attached hydrogen (secondary N) is 1. The average Bonchev–Trinajstić information content (AvgIpc) is 3.71. The maximum absolute atomic E-state index is 13.9. The number of hydrogen-bond donors (Lipinski definition) is 2. The number of alkyl halides is 6. The van der Waals surface area contributed by atoms with E-state index >= 15 is 0 Å². The summed E-state index contributed by atoms with van der Waals surface area (Å²) in [6.45, 7) is 0.799. The zero-order valence-electron chi connectivity index (χ0n) is 20.4. The van der Waals surface area contributed by atoms with Crippen LogP contribution in [0.4, 0.5) is 26.3 Å². The summed E-state index contributed by atoms with van der Waals surface area (Å²) in [5.74, 6) is 0.557. The minimum absolute atomic E-state index is 0.0957. The lowest BCUT2D eigenvalue weighted by molar-refractivity contribution is -0.142. The normalized spacial score (nSPS) is 15.9. The smallest absolute Gasteiger partial charge is 0.387 e. The van der Waals surface area contributed by atoms with Crippen molar-refractivity contribution in [3.05, 3.63) is 89.1 Å². The highest BCUT2D eigenvalue weighted by Crippen LogP contribution is 2.36. The van der Waals surface area contributed by atoms with Gasteiger partial charge in [0.2, 0.25) is 0 Å². The van der Waals surface area contributed by atoms with E-state index in [1.807, 2.05) is 30.3 Å². The third kappa shape index (κ3) is 7.78. The molecule has 0 amide bonds. The fourth-order valence-electron chi connectivity index (χ4n) is 4.09. The summed E-state index contributed by atoms with van der Waals surface area (Å²) in [6.07, 6.45) is -8.14. The number of nitrogens with zero attached hydrogens (tertiary/aromatic N) is 1. The van der Waals surface area contributed by atoms with E-state index in [1.54, 1.807) is 0 Å². The predicted molar refractivity (Wildman–Crippen MR) is 130 cm³/mol. The van der Waals surface area contributed by atoms with Gasteiger partial charge < -0.3 is 15.2 Å². The van der Waals surface area contributed by atoms with Gasteiger partial charge in [-0.1, -0.05) is 48.5 Å². The van der Waals surface area contributed by atoms with Gasteiger partial charge in [-0.2, -0.15) is 26.3 Å². The maximum Gasteiger partial charge on any atom is 0.433 e. The second kappa shape index (κ2) is 11.8. The van der Waals surface area contributed by atoms with Crippen LogP contribution in [0.3, 0.4) is 0 Å². The van der Waals surface area contributed by atoms with Crippen molar-refractivity contribution in [2.45, 2.75) is 43.8 Å². The average molecular weight is 539 g/mol. The van der Waals surface area contributed by atoms with Crippen LogP contribution in [-0.2, 0) is 23.5 Å². The fourth-order valence-corrected chi connectivity index (χ4v) is 4.09. The van der Waals surface area contributed by atoms with E-state index in [4.69, 9.17) is 4.74 Å². The lowest BCUT2D eigenvalue weighted by Gasteiger charge is -2.23. The van der Waals surface area contributed by atoms with E-state index in [-0.39, 0.29) is 23.8 Å². The Morgan fingerprint density at radius 2 is 1.58 bits per heavy atom. The van der Waals surface area contributed by atoms with E-state index < -0.39 is 35.3 Å². The number of halogens is 6. The first-order chi connectivity index (χ1) is 18.0. The van der Waals surface area contributed by atoms with E-state index in [2.05, 4.69) is 10.3 Å². The Kier molecular flexibility index (Phi) is 8.74. The van der Waals surface area contributed by atoms with E-state index in [1.165, 1.54) is 6.07 Å².